The van der Waals surface area contributed by atoms with Crippen molar-refractivity contribution in [1.29, 1.82) is 0 Å². The minimum absolute atomic E-state index is 0.0996. The summed E-state index contributed by atoms with van der Waals surface area (Å²) in [6.07, 6.45) is 1.64. The molecular formula is C16H26N6O2. The highest BCUT2D eigenvalue weighted by Gasteiger charge is 2.21. The van der Waals surface area contributed by atoms with E-state index in [1.165, 1.54) is 0 Å². The fraction of sp³-hybridized carbons (Fsp3) is 0.688. The first-order valence-electron chi connectivity index (χ1n) is 8.65. The highest BCUT2D eigenvalue weighted by Crippen LogP contribution is 2.19. The predicted octanol–water partition coefficient (Wildman–Crippen LogP) is -0.429. The van der Waals surface area contributed by atoms with Crippen molar-refractivity contribution in [2.45, 2.75) is 6.92 Å². The van der Waals surface area contributed by atoms with Crippen LogP contribution in [0, 0.1) is 0 Å². The van der Waals surface area contributed by atoms with E-state index in [1.807, 2.05) is 6.92 Å². The monoisotopic (exact) mass is 334 g/mol. The Hall–Kier alpha value is -1.93. The molecule has 3 heterocycles. The summed E-state index contributed by atoms with van der Waals surface area (Å²) in [6, 6.07) is 2.06. The summed E-state index contributed by atoms with van der Waals surface area (Å²) < 4.78 is 5.39. The number of hydrogen-bond donors (Lipinski definition) is 1. The van der Waals surface area contributed by atoms with Gasteiger partial charge in [0.1, 0.15) is 18.0 Å². The molecule has 1 N–H and O–H groups in total. The average Bonchev–Trinajstić information content (AvgIpc) is 2.63. The maximum absolute atomic E-state index is 11.7. The summed E-state index contributed by atoms with van der Waals surface area (Å²) in [4.78, 5) is 27.2. The van der Waals surface area contributed by atoms with Crippen molar-refractivity contribution < 1.29 is 9.53 Å². The number of nitrogens with one attached hydrogen (secondary N) is 1. The fourth-order valence-corrected chi connectivity index (χ4v) is 3.07. The summed E-state index contributed by atoms with van der Waals surface area (Å²) in [7, 11) is 0. The molecule has 1 amide bonds. The Morgan fingerprint density at radius 1 is 1.08 bits per heavy atom. The van der Waals surface area contributed by atoms with Crippen LogP contribution in [0.5, 0.6) is 0 Å². The van der Waals surface area contributed by atoms with Crippen molar-refractivity contribution in [3.63, 3.8) is 0 Å². The van der Waals surface area contributed by atoms with E-state index in [-0.39, 0.29) is 5.91 Å². The van der Waals surface area contributed by atoms with Gasteiger partial charge in [-0.15, -0.1) is 0 Å². The van der Waals surface area contributed by atoms with Gasteiger partial charge in [0.25, 0.3) is 0 Å². The van der Waals surface area contributed by atoms with Gasteiger partial charge in [-0.1, -0.05) is 0 Å². The number of amides is 1. The molecule has 0 atom stereocenters. The van der Waals surface area contributed by atoms with Crippen LogP contribution in [0.4, 0.5) is 11.6 Å². The van der Waals surface area contributed by atoms with Gasteiger partial charge in [0.15, 0.2) is 0 Å². The van der Waals surface area contributed by atoms with E-state index in [1.54, 1.807) is 6.33 Å². The Morgan fingerprint density at radius 3 is 2.33 bits per heavy atom. The Bertz CT molecular complexity index is 541. The molecule has 0 bridgehead atoms. The number of anilines is 2. The van der Waals surface area contributed by atoms with Crippen LogP contribution < -0.4 is 15.1 Å². The molecule has 24 heavy (non-hydrogen) atoms. The maximum atomic E-state index is 11.7. The van der Waals surface area contributed by atoms with E-state index in [0.29, 0.717) is 13.1 Å². The summed E-state index contributed by atoms with van der Waals surface area (Å²) in [6.45, 7) is 9.83. The predicted molar refractivity (Wildman–Crippen MR) is 92.4 cm³/mol. The van der Waals surface area contributed by atoms with Gasteiger partial charge in [0.05, 0.1) is 19.8 Å². The molecule has 132 valence electrons. The molecule has 0 saturated carbocycles. The fourth-order valence-electron chi connectivity index (χ4n) is 3.07. The number of rotatable bonds is 5. The first-order valence-corrected chi connectivity index (χ1v) is 8.65. The van der Waals surface area contributed by atoms with E-state index < -0.39 is 0 Å². The molecule has 0 radical (unpaired) electrons. The van der Waals surface area contributed by atoms with Crippen LogP contribution in [-0.4, -0.2) is 86.3 Å². The third kappa shape index (κ3) is 4.33. The summed E-state index contributed by atoms with van der Waals surface area (Å²) >= 11 is 0. The molecule has 0 aromatic carbocycles. The molecule has 0 spiro atoms. The molecule has 1 aromatic rings. The lowest BCUT2D eigenvalue weighted by molar-refractivity contribution is -0.122. The van der Waals surface area contributed by atoms with Crippen molar-refractivity contribution in [3.8, 4) is 0 Å². The third-order valence-corrected chi connectivity index (χ3v) is 4.41. The second-order valence-corrected chi connectivity index (χ2v) is 6.05. The maximum Gasteiger partial charge on any atom is 0.234 e. The van der Waals surface area contributed by atoms with Gasteiger partial charge in [-0.25, -0.2) is 9.97 Å². The van der Waals surface area contributed by atoms with Crippen molar-refractivity contribution in [2.24, 2.45) is 0 Å². The Labute approximate surface area is 142 Å². The normalized spacial score (nSPS) is 19.4. The van der Waals surface area contributed by atoms with Gasteiger partial charge in [0, 0.05) is 51.9 Å². The number of hydrogen-bond acceptors (Lipinski definition) is 7. The molecule has 2 aliphatic rings. The molecule has 2 aliphatic heterocycles. The highest BCUT2D eigenvalue weighted by atomic mass is 16.5. The van der Waals surface area contributed by atoms with Crippen molar-refractivity contribution in [2.75, 3.05) is 75.4 Å². The number of morpholine rings is 1. The molecule has 8 nitrogen and oxygen atoms in total. The largest absolute Gasteiger partial charge is 0.378 e. The van der Waals surface area contributed by atoms with E-state index in [4.69, 9.17) is 4.74 Å². The Balaban J connectivity index is 1.55. The average molecular weight is 334 g/mol. The zero-order chi connectivity index (χ0) is 16.8. The Morgan fingerprint density at radius 2 is 1.71 bits per heavy atom. The van der Waals surface area contributed by atoms with Crippen LogP contribution in [0.1, 0.15) is 6.92 Å². The van der Waals surface area contributed by atoms with E-state index in [2.05, 4.69) is 36.1 Å². The molecule has 8 heteroatoms. The molecule has 0 unspecified atom stereocenters. The van der Waals surface area contributed by atoms with Crippen molar-refractivity contribution in [3.05, 3.63) is 12.4 Å². The standard InChI is InChI=1S/C16H26N6O2/c1-2-17-16(23)12-20-3-5-21(6-4-20)14-11-15(19-13-18-14)22-7-9-24-10-8-22/h11,13H,2-10,12H2,1H3,(H,17,23). The molecule has 3 rings (SSSR count). The van der Waals surface area contributed by atoms with Crippen molar-refractivity contribution >= 4 is 17.5 Å². The molecular weight excluding hydrogens is 308 g/mol. The topological polar surface area (TPSA) is 73.8 Å². The number of nitrogens with zero attached hydrogens (tertiary/aromatic N) is 5. The van der Waals surface area contributed by atoms with E-state index in [9.17, 15) is 4.79 Å². The quantitative estimate of drug-likeness (QED) is 0.783. The van der Waals surface area contributed by atoms with Crippen LogP contribution in [0.2, 0.25) is 0 Å². The molecule has 1 aromatic heterocycles. The number of carbonyl (C=O) groups is 1. The third-order valence-electron chi connectivity index (χ3n) is 4.41. The number of carbonyl (C=O) groups excluding carboxylic acids is 1. The number of aromatic nitrogens is 2. The number of likely N-dealkylation sites (N-methyl/N-ethyl adjacent to an activating group) is 1. The summed E-state index contributed by atoms with van der Waals surface area (Å²) in [5.74, 6) is 2.03. The van der Waals surface area contributed by atoms with Crippen LogP contribution in [0.15, 0.2) is 12.4 Å². The molecule has 2 fully saturated rings. The second kappa shape index (κ2) is 8.25. The zero-order valence-electron chi connectivity index (χ0n) is 14.3. The van der Waals surface area contributed by atoms with Crippen LogP contribution in [0.3, 0.4) is 0 Å². The molecule has 0 aliphatic carbocycles. The van der Waals surface area contributed by atoms with Crippen LogP contribution >= 0.6 is 0 Å². The smallest absolute Gasteiger partial charge is 0.234 e. The van der Waals surface area contributed by atoms with E-state index in [0.717, 1.165) is 64.1 Å². The van der Waals surface area contributed by atoms with Gasteiger partial charge in [-0.3, -0.25) is 9.69 Å². The summed E-state index contributed by atoms with van der Waals surface area (Å²) in [5.41, 5.74) is 0. The molecule has 2 saturated heterocycles. The number of ether oxygens (including phenoxy) is 1. The zero-order valence-corrected chi connectivity index (χ0v) is 14.3. The van der Waals surface area contributed by atoms with E-state index >= 15 is 0 Å². The van der Waals surface area contributed by atoms with Gasteiger partial charge in [-0.05, 0) is 6.92 Å². The Kier molecular flexibility index (Phi) is 5.81. The van der Waals surface area contributed by atoms with Crippen molar-refractivity contribution in [1.82, 2.24) is 20.2 Å². The lowest BCUT2D eigenvalue weighted by Crippen LogP contribution is -2.49. The number of piperazine rings is 1. The van der Waals surface area contributed by atoms with Gasteiger partial charge < -0.3 is 19.9 Å². The minimum atomic E-state index is 0.0996. The summed E-state index contributed by atoms with van der Waals surface area (Å²) in [5, 5.41) is 2.85. The SMILES string of the molecule is CCNC(=O)CN1CCN(c2cc(N3CCOCC3)ncn2)CC1. The first kappa shape index (κ1) is 16.9. The lowest BCUT2D eigenvalue weighted by atomic mass is 10.3. The van der Waals surface area contributed by atoms with Crippen LogP contribution in [0.25, 0.3) is 0 Å². The highest BCUT2D eigenvalue weighted by molar-refractivity contribution is 5.77. The lowest BCUT2D eigenvalue weighted by Gasteiger charge is -2.35. The van der Waals surface area contributed by atoms with Crippen LogP contribution in [-0.2, 0) is 9.53 Å². The second-order valence-electron chi connectivity index (χ2n) is 6.05. The minimum Gasteiger partial charge on any atom is -0.378 e. The first-order chi connectivity index (χ1) is 11.8. The van der Waals surface area contributed by atoms with Gasteiger partial charge in [0.2, 0.25) is 5.91 Å². The van der Waals surface area contributed by atoms with Gasteiger partial charge >= 0.3 is 0 Å². The van der Waals surface area contributed by atoms with Gasteiger partial charge in [-0.2, -0.15) is 0 Å².